The number of aryl methyl sites for hydroxylation is 3. The molecule has 24 heavy (non-hydrogen) atoms. The van der Waals surface area contributed by atoms with E-state index in [0.29, 0.717) is 12.2 Å². The first kappa shape index (κ1) is 15.5. The van der Waals surface area contributed by atoms with Crippen LogP contribution < -0.4 is 5.73 Å². The van der Waals surface area contributed by atoms with E-state index in [4.69, 9.17) is 5.73 Å². The first-order valence-corrected chi connectivity index (χ1v) is 8.72. The minimum atomic E-state index is -0.739. The maximum absolute atomic E-state index is 10.9. The van der Waals surface area contributed by atoms with Crippen LogP contribution in [0.25, 0.3) is 10.2 Å². The molecule has 1 atom stereocenters. The first-order chi connectivity index (χ1) is 11.5. The Hall–Kier alpha value is -2.03. The number of thiophene rings is 1. The molecule has 0 amide bonds. The lowest BCUT2D eigenvalue weighted by Crippen LogP contribution is -2.33. The molecule has 0 saturated heterocycles. The number of hydrogen-bond acceptors (Lipinski definition) is 7. The van der Waals surface area contributed by atoms with Crippen LogP contribution in [0.3, 0.4) is 0 Å². The van der Waals surface area contributed by atoms with Gasteiger partial charge in [0.2, 0.25) is 0 Å². The molecule has 0 spiro atoms. The van der Waals surface area contributed by atoms with Gasteiger partial charge in [-0.1, -0.05) is 0 Å². The number of nitrogen functional groups attached to an aromatic ring is 1. The van der Waals surface area contributed by atoms with Crippen molar-refractivity contribution in [1.29, 1.82) is 0 Å². The summed E-state index contributed by atoms with van der Waals surface area (Å²) in [5.74, 6) is 0. The lowest BCUT2D eigenvalue weighted by Gasteiger charge is -2.30. The molecule has 126 valence electrons. The normalized spacial score (nSPS) is 16.5. The minimum Gasteiger partial charge on any atom is -0.397 e. The summed E-state index contributed by atoms with van der Waals surface area (Å²) in [6, 6.07) is 0. The molecule has 3 aromatic rings. The van der Waals surface area contributed by atoms with E-state index in [0.717, 1.165) is 50.6 Å². The summed E-state index contributed by atoms with van der Waals surface area (Å²) in [6.45, 7) is 5.34. The molecular formula is C16H20N6OS. The Morgan fingerprint density at radius 3 is 2.92 bits per heavy atom. The van der Waals surface area contributed by atoms with Crippen molar-refractivity contribution in [2.45, 2.75) is 33.0 Å². The minimum absolute atomic E-state index is 0.620. The first-order valence-electron chi connectivity index (χ1n) is 7.91. The molecule has 4 rings (SSSR count). The molecule has 0 bridgehead atoms. The third kappa shape index (κ3) is 2.29. The van der Waals surface area contributed by atoms with E-state index in [9.17, 15) is 5.11 Å². The number of nitrogens with zero attached hydrogens (tertiary/aromatic N) is 5. The summed E-state index contributed by atoms with van der Waals surface area (Å²) in [5.41, 5.74) is 11.1. The molecule has 0 aliphatic carbocycles. The van der Waals surface area contributed by atoms with E-state index in [-0.39, 0.29) is 0 Å². The van der Waals surface area contributed by atoms with E-state index in [1.807, 2.05) is 36.7 Å². The smallest absolute Gasteiger partial charge is 0.148 e. The Kier molecular flexibility index (Phi) is 3.56. The number of fused-ring (bicyclic) bond motifs is 2. The van der Waals surface area contributed by atoms with Gasteiger partial charge in [-0.15, -0.1) is 16.4 Å². The predicted molar refractivity (Wildman–Crippen MR) is 93.6 cm³/mol. The van der Waals surface area contributed by atoms with Crippen molar-refractivity contribution in [2.24, 2.45) is 7.05 Å². The fourth-order valence-corrected chi connectivity index (χ4v) is 4.42. The zero-order valence-corrected chi connectivity index (χ0v) is 14.8. The number of rotatable bonds is 2. The van der Waals surface area contributed by atoms with E-state index in [1.54, 1.807) is 0 Å². The summed E-state index contributed by atoms with van der Waals surface area (Å²) >= 11 is 1.42. The molecule has 0 saturated carbocycles. The van der Waals surface area contributed by atoms with Crippen LogP contribution in [-0.2, 0) is 20.0 Å². The van der Waals surface area contributed by atoms with Gasteiger partial charge in [0.1, 0.15) is 11.1 Å². The largest absolute Gasteiger partial charge is 0.397 e. The SMILES string of the molecule is Cc1nnc2sc(C(O)N3CCc4nn(C)cc4C3)c(N)c2c1C. The van der Waals surface area contributed by atoms with Crippen LogP contribution in [0.5, 0.6) is 0 Å². The van der Waals surface area contributed by atoms with Crippen molar-refractivity contribution in [3.05, 3.63) is 33.6 Å². The lowest BCUT2D eigenvalue weighted by molar-refractivity contribution is -0.00469. The summed E-state index contributed by atoms with van der Waals surface area (Å²) in [7, 11) is 1.92. The van der Waals surface area contributed by atoms with Gasteiger partial charge in [-0.3, -0.25) is 9.58 Å². The average molecular weight is 344 g/mol. The second-order valence-electron chi connectivity index (χ2n) is 6.34. The van der Waals surface area contributed by atoms with Gasteiger partial charge < -0.3 is 10.8 Å². The number of hydrogen-bond donors (Lipinski definition) is 2. The fourth-order valence-electron chi connectivity index (χ4n) is 3.30. The summed E-state index contributed by atoms with van der Waals surface area (Å²) in [5, 5.41) is 24.7. The standard InChI is InChI=1S/C16H20N6OS/c1-8-9(2)18-19-15-12(8)13(17)14(24-15)16(23)22-5-4-11-10(7-22)6-21(3)20-11/h6,16,23H,4-5,7,17H2,1-3H3. The van der Waals surface area contributed by atoms with Crippen LogP contribution in [0.1, 0.15) is 33.6 Å². The maximum Gasteiger partial charge on any atom is 0.148 e. The van der Waals surface area contributed by atoms with E-state index < -0.39 is 6.23 Å². The highest BCUT2D eigenvalue weighted by Gasteiger charge is 2.28. The summed E-state index contributed by atoms with van der Waals surface area (Å²) in [6.07, 6.45) is 2.11. The van der Waals surface area contributed by atoms with Crippen LogP contribution in [-0.4, -0.2) is 36.5 Å². The van der Waals surface area contributed by atoms with Gasteiger partial charge in [0, 0.05) is 43.7 Å². The Morgan fingerprint density at radius 1 is 1.33 bits per heavy atom. The highest BCUT2D eigenvalue weighted by molar-refractivity contribution is 7.19. The van der Waals surface area contributed by atoms with Crippen molar-refractivity contribution in [2.75, 3.05) is 12.3 Å². The molecule has 0 aromatic carbocycles. The number of aliphatic hydroxyl groups is 1. The number of aromatic nitrogens is 4. The molecule has 3 N–H and O–H groups in total. The van der Waals surface area contributed by atoms with Gasteiger partial charge in [-0.25, -0.2) is 0 Å². The van der Waals surface area contributed by atoms with Crippen LogP contribution >= 0.6 is 11.3 Å². The van der Waals surface area contributed by atoms with Crippen molar-refractivity contribution in [3.63, 3.8) is 0 Å². The van der Waals surface area contributed by atoms with Gasteiger partial charge in [0.05, 0.1) is 22.0 Å². The molecule has 8 heteroatoms. The van der Waals surface area contributed by atoms with Gasteiger partial charge in [-0.2, -0.15) is 10.2 Å². The Morgan fingerprint density at radius 2 is 2.12 bits per heavy atom. The molecule has 1 unspecified atom stereocenters. The number of aliphatic hydroxyl groups excluding tert-OH is 1. The van der Waals surface area contributed by atoms with Crippen molar-refractivity contribution < 1.29 is 5.11 Å². The molecule has 0 fully saturated rings. The lowest BCUT2D eigenvalue weighted by atomic mass is 10.1. The van der Waals surface area contributed by atoms with E-state index >= 15 is 0 Å². The third-order valence-electron chi connectivity index (χ3n) is 4.75. The Labute approximate surface area is 143 Å². The molecule has 1 aliphatic rings. The second kappa shape index (κ2) is 5.51. The molecule has 1 aliphatic heterocycles. The highest BCUT2D eigenvalue weighted by Crippen LogP contribution is 2.40. The van der Waals surface area contributed by atoms with Gasteiger partial charge in [0.15, 0.2) is 0 Å². The van der Waals surface area contributed by atoms with Gasteiger partial charge in [0.25, 0.3) is 0 Å². The predicted octanol–water partition coefficient (Wildman–Crippen LogP) is 1.67. The zero-order valence-electron chi connectivity index (χ0n) is 13.9. The number of anilines is 1. The van der Waals surface area contributed by atoms with Crippen LogP contribution in [0.2, 0.25) is 0 Å². The summed E-state index contributed by atoms with van der Waals surface area (Å²) < 4.78 is 1.83. The van der Waals surface area contributed by atoms with Crippen LogP contribution in [0.4, 0.5) is 5.69 Å². The van der Waals surface area contributed by atoms with E-state index in [1.165, 1.54) is 11.3 Å². The molecular weight excluding hydrogens is 324 g/mol. The molecule has 0 radical (unpaired) electrons. The molecule has 4 heterocycles. The average Bonchev–Trinajstić information content (AvgIpc) is 3.09. The molecule has 3 aromatic heterocycles. The fraction of sp³-hybridized carbons (Fsp3) is 0.438. The zero-order chi connectivity index (χ0) is 17.0. The quantitative estimate of drug-likeness (QED) is 0.735. The monoisotopic (exact) mass is 344 g/mol. The topological polar surface area (TPSA) is 93.1 Å². The Balaban J connectivity index is 1.70. The van der Waals surface area contributed by atoms with Crippen molar-refractivity contribution in [3.8, 4) is 0 Å². The van der Waals surface area contributed by atoms with Crippen LogP contribution in [0, 0.1) is 13.8 Å². The van der Waals surface area contributed by atoms with Gasteiger partial charge >= 0.3 is 0 Å². The Bertz CT molecular complexity index is 930. The highest BCUT2D eigenvalue weighted by atomic mass is 32.1. The summed E-state index contributed by atoms with van der Waals surface area (Å²) in [4.78, 5) is 3.56. The van der Waals surface area contributed by atoms with Crippen molar-refractivity contribution >= 4 is 27.2 Å². The van der Waals surface area contributed by atoms with E-state index in [2.05, 4.69) is 15.3 Å². The molecule has 7 nitrogen and oxygen atoms in total. The van der Waals surface area contributed by atoms with Crippen molar-refractivity contribution in [1.82, 2.24) is 24.9 Å². The van der Waals surface area contributed by atoms with Gasteiger partial charge in [-0.05, 0) is 19.4 Å². The van der Waals surface area contributed by atoms with Crippen LogP contribution in [0.15, 0.2) is 6.20 Å². The second-order valence-corrected chi connectivity index (χ2v) is 7.37. The number of nitrogens with two attached hydrogens (primary N) is 1. The maximum atomic E-state index is 10.9. The third-order valence-corrected chi connectivity index (χ3v) is 5.88.